The Hall–Kier alpha value is -0.464. The summed E-state index contributed by atoms with van der Waals surface area (Å²) in [5.41, 5.74) is 0.365. The SMILES string of the molecule is O=C(O)c1cc2ccccc2cc1I.[GaH3]. The van der Waals surface area contributed by atoms with Gasteiger partial charge in [-0.25, -0.2) is 4.79 Å². The van der Waals surface area contributed by atoms with E-state index in [4.69, 9.17) is 5.11 Å². The van der Waals surface area contributed by atoms with Crippen molar-refractivity contribution in [3.05, 3.63) is 45.5 Å². The molecule has 2 rings (SSSR count). The third-order valence-corrected chi connectivity index (χ3v) is 2.96. The number of fused-ring (bicyclic) bond motifs is 1. The number of benzene rings is 2. The molecule has 15 heavy (non-hydrogen) atoms. The molecule has 2 nitrogen and oxygen atoms in total. The third kappa shape index (κ3) is 2.56. The predicted molar refractivity (Wildman–Crippen MR) is 73.6 cm³/mol. The summed E-state index contributed by atoms with van der Waals surface area (Å²) in [6, 6.07) is 11.3. The van der Waals surface area contributed by atoms with E-state index < -0.39 is 5.97 Å². The number of hydrogen-bond donors (Lipinski definition) is 1. The van der Waals surface area contributed by atoms with Crippen LogP contribution < -0.4 is 0 Å². The summed E-state index contributed by atoms with van der Waals surface area (Å²) >= 11 is 2.04. The summed E-state index contributed by atoms with van der Waals surface area (Å²) in [5.74, 6) is -0.875. The number of halogens is 1. The molecule has 0 saturated carbocycles. The van der Waals surface area contributed by atoms with Crippen molar-refractivity contribution in [1.82, 2.24) is 0 Å². The van der Waals surface area contributed by atoms with Gasteiger partial charge in [-0.1, -0.05) is 24.3 Å². The Kier molecular flexibility index (Phi) is 4.24. The van der Waals surface area contributed by atoms with Gasteiger partial charge in [0.05, 0.1) is 5.56 Å². The zero-order chi connectivity index (χ0) is 10.1. The van der Waals surface area contributed by atoms with Crippen LogP contribution in [0.1, 0.15) is 10.4 Å². The minimum absolute atomic E-state index is 0. The number of aromatic carboxylic acids is 1. The van der Waals surface area contributed by atoms with E-state index in [1.54, 1.807) is 6.07 Å². The van der Waals surface area contributed by atoms with Gasteiger partial charge in [0.15, 0.2) is 0 Å². The molecule has 2 aromatic rings. The Morgan fingerprint density at radius 3 is 2.20 bits per heavy atom. The summed E-state index contributed by atoms with van der Waals surface area (Å²) < 4.78 is 0.772. The maximum absolute atomic E-state index is 10.9. The first-order valence-electron chi connectivity index (χ1n) is 4.10. The summed E-state index contributed by atoms with van der Waals surface area (Å²) in [4.78, 5) is 10.9. The van der Waals surface area contributed by atoms with E-state index in [2.05, 4.69) is 0 Å². The Morgan fingerprint density at radius 1 is 1.13 bits per heavy atom. The van der Waals surface area contributed by atoms with Crippen molar-refractivity contribution in [3.63, 3.8) is 0 Å². The van der Waals surface area contributed by atoms with Crippen molar-refractivity contribution in [2.24, 2.45) is 0 Å². The van der Waals surface area contributed by atoms with Crippen LogP contribution in [0, 0.1) is 3.57 Å². The first-order valence-corrected chi connectivity index (χ1v) is 5.18. The Morgan fingerprint density at radius 2 is 1.67 bits per heavy atom. The Bertz CT molecular complexity index is 511. The molecule has 4 heteroatoms. The molecule has 0 saturated heterocycles. The van der Waals surface area contributed by atoms with Crippen LogP contribution in [0.4, 0.5) is 0 Å². The third-order valence-electron chi connectivity index (χ3n) is 2.07. The Balaban J connectivity index is 0.00000112. The van der Waals surface area contributed by atoms with Gasteiger partial charge in [-0.05, 0) is 45.5 Å². The molecule has 0 radical (unpaired) electrons. The molecule has 0 aromatic heterocycles. The van der Waals surface area contributed by atoms with Crippen molar-refractivity contribution in [3.8, 4) is 0 Å². The average molecular weight is 371 g/mol. The molecule has 0 bridgehead atoms. The molecule has 0 heterocycles. The number of carboxylic acid groups (broad SMARTS) is 1. The first kappa shape index (κ1) is 12.6. The molecule has 0 fully saturated rings. The van der Waals surface area contributed by atoms with Crippen molar-refractivity contribution < 1.29 is 9.90 Å². The van der Waals surface area contributed by atoms with E-state index in [0.717, 1.165) is 14.3 Å². The molecule has 0 aliphatic carbocycles. The quantitative estimate of drug-likeness (QED) is 0.615. The second-order valence-electron chi connectivity index (χ2n) is 2.98. The molecule has 0 aliphatic rings. The number of hydrogen-bond acceptors (Lipinski definition) is 1. The van der Waals surface area contributed by atoms with E-state index in [1.165, 1.54) is 0 Å². The average Bonchev–Trinajstić information content (AvgIpc) is 2.16. The fourth-order valence-electron chi connectivity index (χ4n) is 1.38. The van der Waals surface area contributed by atoms with Crippen molar-refractivity contribution in [2.75, 3.05) is 0 Å². The van der Waals surface area contributed by atoms with Gasteiger partial charge in [0.25, 0.3) is 0 Å². The van der Waals surface area contributed by atoms with Gasteiger partial charge in [0.1, 0.15) is 0 Å². The zero-order valence-corrected chi connectivity index (χ0v) is 9.36. The Labute approximate surface area is 114 Å². The number of carboxylic acids is 1. The number of carbonyl (C=O) groups is 1. The van der Waals surface area contributed by atoms with Crippen LogP contribution >= 0.6 is 22.6 Å². The van der Waals surface area contributed by atoms with E-state index in [0.29, 0.717) is 5.56 Å². The first-order chi connectivity index (χ1) is 6.68. The number of rotatable bonds is 1. The second kappa shape index (κ2) is 5.04. The van der Waals surface area contributed by atoms with E-state index in [9.17, 15) is 4.79 Å². The molecule has 0 amide bonds. The van der Waals surface area contributed by atoms with E-state index in [-0.39, 0.29) is 19.8 Å². The fraction of sp³-hybridized carbons (Fsp3) is 0. The normalized spacial score (nSPS) is 9.67. The van der Waals surface area contributed by atoms with Gasteiger partial charge >= 0.3 is 25.8 Å². The van der Waals surface area contributed by atoms with Crippen LogP contribution in [0.2, 0.25) is 0 Å². The minimum atomic E-state index is -0.875. The summed E-state index contributed by atoms with van der Waals surface area (Å²) in [6.45, 7) is 0. The molecular weight excluding hydrogens is 361 g/mol. The van der Waals surface area contributed by atoms with Gasteiger partial charge in [-0.3, -0.25) is 0 Å². The standard InChI is InChI=1S/C11H7IO2.Ga.3H/c12-10-6-8-4-2-1-3-7(8)5-9(10)11(13)14;;;;/h1-6H,(H,13,14);;;;. The van der Waals surface area contributed by atoms with Crippen molar-refractivity contribution in [2.45, 2.75) is 0 Å². The summed E-state index contributed by atoms with van der Waals surface area (Å²) in [6.07, 6.45) is 0. The fourth-order valence-corrected chi connectivity index (χ4v) is 2.10. The van der Waals surface area contributed by atoms with Crippen LogP contribution in [0.5, 0.6) is 0 Å². The molecule has 0 aliphatic heterocycles. The van der Waals surface area contributed by atoms with Crippen molar-refractivity contribution >= 4 is 59.1 Å². The van der Waals surface area contributed by atoms with E-state index in [1.807, 2.05) is 52.9 Å². The molecule has 2 aromatic carbocycles. The topological polar surface area (TPSA) is 37.3 Å². The van der Waals surface area contributed by atoms with Crippen LogP contribution in [-0.2, 0) is 0 Å². The monoisotopic (exact) mass is 370 g/mol. The summed E-state index contributed by atoms with van der Waals surface area (Å²) in [7, 11) is 0. The van der Waals surface area contributed by atoms with Crippen LogP contribution in [0.25, 0.3) is 10.8 Å². The summed E-state index contributed by atoms with van der Waals surface area (Å²) in [5, 5.41) is 11.0. The van der Waals surface area contributed by atoms with Crippen LogP contribution in [-0.4, -0.2) is 30.9 Å². The van der Waals surface area contributed by atoms with Gasteiger partial charge in [-0.2, -0.15) is 0 Å². The molecule has 0 atom stereocenters. The molecule has 0 spiro atoms. The molecule has 0 unspecified atom stereocenters. The van der Waals surface area contributed by atoms with E-state index >= 15 is 0 Å². The zero-order valence-electron chi connectivity index (χ0n) is 7.20. The molecule has 1 N–H and O–H groups in total. The van der Waals surface area contributed by atoms with Crippen LogP contribution in [0.15, 0.2) is 36.4 Å². The van der Waals surface area contributed by atoms with Gasteiger partial charge < -0.3 is 5.11 Å². The van der Waals surface area contributed by atoms with Gasteiger partial charge in [0.2, 0.25) is 0 Å². The van der Waals surface area contributed by atoms with Crippen LogP contribution in [0.3, 0.4) is 0 Å². The predicted octanol–water partition coefficient (Wildman–Crippen LogP) is 1.96. The van der Waals surface area contributed by atoms with Gasteiger partial charge in [-0.15, -0.1) is 0 Å². The maximum atomic E-state index is 10.9. The van der Waals surface area contributed by atoms with Gasteiger partial charge in [0, 0.05) is 3.57 Å². The molecular formula is C11H10GaIO2. The second-order valence-corrected chi connectivity index (χ2v) is 4.15. The van der Waals surface area contributed by atoms with Crippen molar-refractivity contribution in [1.29, 1.82) is 0 Å². The molecule has 76 valence electrons.